The van der Waals surface area contributed by atoms with E-state index in [-0.39, 0.29) is 38.4 Å². The Bertz CT molecular complexity index is 1030. The topological polar surface area (TPSA) is 134 Å². The molecule has 3 N–H and O–H groups in total. The number of nitrogens with one attached hydrogen (secondary N) is 1. The standard InChI is InChI=1S/C20H24N2O7S2/c1-9-7-11(22-19(26)20(2,3)4)30-13(9)18(25)29-8-10-12(16(23)27-5)15(21)31-14(10)17(24)28-6/h7H,8,21H2,1-6H3,(H,22,26). The molecular weight excluding hydrogens is 444 g/mol. The van der Waals surface area contributed by atoms with Crippen molar-refractivity contribution in [3.63, 3.8) is 0 Å². The number of ether oxygens (including phenoxy) is 3. The van der Waals surface area contributed by atoms with E-state index in [0.717, 1.165) is 22.7 Å². The molecule has 11 heteroatoms. The minimum absolute atomic E-state index is 0.0401. The van der Waals surface area contributed by atoms with Crippen LogP contribution in [0.15, 0.2) is 6.07 Å². The summed E-state index contributed by atoms with van der Waals surface area (Å²) in [4.78, 5) is 49.3. The summed E-state index contributed by atoms with van der Waals surface area (Å²) in [6.07, 6.45) is 0. The van der Waals surface area contributed by atoms with Crippen molar-refractivity contribution in [3.05, 3.63) is 32.5 Å². The SMILES string of the molecule is COC(=O)c1sc(N)c(C(=O)OC)c1COC(=O)c1sc(NC(=O)C(C)(C)C)cc1C. The van der Waals surface area contributed by atoms with E-state index in [9.17, 15) is 19.2 Å². The first-order chi connectivity index (χ1) is 14.4. The van der Waals surface area contributed by atoms with Gasteiger partial charge in [-0.15, -0.1) is 22.7 Å². The molecule has 0 aromatic carbocycles. The maximum absolute atomic E-state index is 12.7. The van der Waals surface area contributed by atoms with Crippen molar-refractivity contribution in [2.45, 2.75) is 34.3 Å². The molecule has 0 aliphatic carbocycles. The van der Waals surface area contributed by atoms with Crippen LogP contribution in [-0.4, -0.2) is 38.0 Å². The van der Waals surface area contributed by atoms with Crippen LogP contribution in [0.5, 0.6) is 0 Å². The summed E-state index contributed by atoms with van der Waals surface area (Å²) >= 11 is 1.92. The van der Waals surface area contributed by atoms with Gasteiger partial charge in [-0.25, -0.2) is 14.4 Å². The largest absolute Gasteiger partial charge is 0.465 e. The van der Waals surface area contributed by atoms with Gasteiger partial charge in [0.15, 0.2) is 0 Å². The van der Waals surface area contributed by atoms with Crippen LogP contribution in [0.2, 0.25) is 0 Å². The van der Waals surface area contributed by atoms with Gasteiger partial charge < -0.3 is 25.3 Å². The number of amides is 1. The van der Waals surface area contributed by atoms with Crippen molar-refractivity contribution >= 4 is 56.5 Å². The fourth-order valence-corrected chi connectivity index (χ4v) is 4.40. The van der Waals surface area contributed by atoms with Gasteiger partial charge in [0, 0.05) is 11.0 Å². The van der Waals surface area contributed by atoms with Crippen molar-refractivity contribution < 1.29 is 33.4 Å². The zero-order chi connectivity index (χ0) is 23.5. The number of rotatable bonds is 6. The minimum atomic E-state index is -0.755. The Morgan fingerprint density at radius 3 is 2.16 bits per heavy atom. The fraction of sp³-hybridized carbons (Fsp3) is 0.400. The molecule has 2 heterocycles. The zero-order valence-corrected chi connectivity index (χ0v) is 19.7. The summed E-state index contributed by atoms with van der Waals surface area (Å²) in [7, 11) is 2.36. The van der Waals surface area contributed by atoms with E-state index in [1.165, 1.54) is 14.2 Å². The van der Waals surface area contributed by atoms with Crippen LogP contribution in [0.1, 0.15) is 61.6 Å². The Hall–Kier alpha value is -2.92. The highest BCUT2D eigenvalue weighted by Crippen LogP contribution is 2.34. The first kappa shape index (κ1) is 24.4. The van der Waals surface area contributed by atoms with Crippen molar-refractivity contribution in [3.8, 4) is 0 Å². The molecule has 2 aromatic heterocycles. The molecule has 31 heavy (non-hydrogen) atoms. The molecule has 2 rings (SSSR count). The highest BCUT2D eigenvalue weighted by Gasteiger charge is 2.29. The van der Waals surface area contributed by atoms with Crippen LogP contribution >= 0.6 is 22.7 Å². The Balaban J connectivity index is 2.26. The molecule has 0 aliphatic heterocycles. The normalized spacial score (nSPS) is 11.0. The highest BCUT2D eigenvalue weighted by molar-refractivity contribution is 7.18. The van der Waals surface area contributed by atoms with Gasteiger partial charge in [0.1, 0.15) is 26.9 Å². The molecular formula is C20H24N2O7S2. The first-order valence-electron chi connectivity index (χ1n) is 9.07. The van der Waals surface area contributed by atoms with Crippen LogP contribution in [-0.2, 0) is 25.6 Å². The van der Waals surface area contributed by atoms with Crippen LogP contribution < -0.4 is 11.1 Å². The van der Waals surface area contributed by atoms with Gasteiger partial charge in [0.2, 0.25) is 5.91 Å². The first-order valence-corrected chi connectivity index (χ1v) is 10.7. The highest BCUT2D eigenvalue weighted by atomic mass is 32.1. The molecule has 0 atom stereocenters. The quantitative estimate of drug-likeness (QED) is 0.485. The molecule has 0 unspecified atom stereocenters. The number of methoxy groups -OCH3 is 2. The van der Waals surface area contributed by atoms with Crippen LogP contribution in [0, 0.1) is 12.3 Å². The summed E-state index contributed by atoms with van der Waals surface area (Å²) in [6.45, 7) is 6.66. The molecule has 0 saturated heterocycles. The average molecular weight is 469 g/mol. The van der Waals surface area contributed by atoms with E-state index in [4.69, 9.17) is 19.9 Å². The minimum Gasteiger partial charge on any atom is -0.465 e. The number of nitrogens with two attached hydrogens (primary N) is 1. The lowest BCUT2D eigenvalue weighted by Crippen LogP contribution is -2.27. The van der Waals surface area contributed by atoms with Gasteiger partial charge in [-0.2, -0.15) is 0 Å². The van der Waals surface area contributed by atoms with E-state index in [2.05, 4.69) is 5.32 Å². The Labute approximate surface area is 187 Å². The summed E-state index contributed by atoms with van der Waals surface area (Å²) in [5.74, 6) is -2.32. The van der Waals surface area contributed by atoms with Crippen molar-refractivity contribution in [1.29, 1.82) is 0 Å². The van der Waals surface area contributed by atoms with Crippen LogP contribution in [0.4, 0.5) is 10.0 Å². The van der Waals surface area contributed by atoms with Gasteiger partial charge >= 0.3 is 17.9 Å². The third-order valence-electron chi connectivity index (χ3n) is 4.16. The van der Waals surface area contributed by atoms with Gasteiger partial charge in [-0.1, -0.05) is 20.8 Å². The van der Waals surface area contributed by atoms with Crippen LogP contribution in [0.25, 0.3) is 0 Å². The lowest BCUT2D eigenvalue weighted by Gasteiger charge is -2.16. The van der Waals surface area contributed by atoms with E-state index in [1.54, 1.807) is 33.8 Å². The van der Waals surface area contributed by atoms with Crippen LogP contribution in [0.3, 0.4) is 0 Å². The van der Waals surface area contributed by atoms with Crippen molar-refractivity contribution in [1.82, 2.24) is 0 Å². The van der Waals surface area contributed by atoms with Gasteiger partial charge in [0.05, 0.1) is 19.2 Å². The number of hydrogen-bond acceptors (Lipinski definition) is 10. The average Bonchev–Trinajstić information content (AvgIpc) is 3.23. The lowest BCUT2D eigenvalue weighted by molar-refractivity contribution is -0.123. The van der Waals surface area contributed by atoms with E-state index < -0.39 is 23.3 Å². The number of carbonyl (C=O) groups excluding carboxylic acids is 4. The number of anilines is 2. The smallest absolute Gasteiger partial charge is 0.348 e. The molecule has 0 radical (unpaired) electrons. The van der Waals surface area contributed by atoms with Gasteiger partial charge in [0.25, 0.3) is 0 Å². The Kier molecular flexibility index (Phi) is 7.45. The molecule has 0 saturated carbocycles. The predicted molar refractivity (Wildman–Crippen MR) is 118 cm³/mol. The third-order valence-corrected chi connectivity index (χ3v) is 6.34. The maximum atomic E-state index is 12.7. The number of aryl methyl sites for hydroxylation is 1. The molecule has 1 amide bonds. The second-order valence-corrected chi connectivity index (χ2v) is 9.64. The molecule has 0 bridgehead atoms. The molecule has 0 fully saturated rings. The van der Waals surface area contributed by atoms with Crippen molar-refractivity contribution in [2.75, 3.05) is 25.3 Å². The second kappa shape index (κ2) is 9.48. The fourth-order valence-electron chi connectivity index (χ4n) is 2.45. The zero-order valence-electron chi connectivity index (χ0n) is 18.0. The Morgan fingerprint density at radius 1 is 1.00 bits per heavy atom. The monoisotopic (exact) mass is 468 g/mol. The second-order valence-electron chi connectivity index (χ2n) is 7.54. The Morgan fingerprint density at radius 2 is 1.61 bits per heavy atom. The molecule has 0 spiro atoms. The number of carbonyl (C=O) groups is 4. The molecule has 2 aromatic rings. The third kappa shape index (κ3) is 5.42. The van der Waals surface area contributed by atoms with Gasteiger partial charge in [-0.3, -0.25) is 4.79 Å². The van der Waals surface area contributed by atoms with Gasteiger partial charge in [-0.05, 0) is 18.6 Å². The summed E-state index contributed by atoms with van der Waals surface area (Å²) in [6, 6.07) is 1.67. The summed E-state index contributed by atoms with van der Waals surface area (Å²) in [5.41, 5.74) is 5.97. The van der Waals surface area contributed by atoms with E-state index in [0.29, 0.717) is 10.6 Å². The maximum Gasteiger partial charge on any atom is 0.348 e. The predicted octanol–water partition coefficient (Wildman–Crippen LogP) is 3.62. The lowest BCUT2D eigenvalue weighted by atomic mass is 9.96. The van der Waals surface area contributed by atoms with Crippen molar-refractivity contribution in [2.24, 2.45) is 5.41 Å². The molecule has 168 valence electrons. The number of thiophene rings is 2. The number of nitrogen functional groups attached to an aromatic ring is 1. The summed E-state index contributed by atoms with van der Waals surface area (Å²) in [5, 5.41) is 3.34. The molecule has 0 aliphatic rings. The van der Waals surface area contributed by atoms with E-state index in [1.807, 2.05) is 0 Å². The number of hydrogen-bond donors (Lipinski definition) is 2. The summed E-state index contributed by atoms with van der Waals surface area (Å²) < 4.78 is 14.8. The van der Waals surface area contributed by atoms with E-state index >= 15 is 0 Å². The molecule has 9 nitrogen and oxygen atoms in total. The number of esters is 3.